The van der Waals surface area contributed by atoms with Crippen molar-refractivity contribution in [1.82, 2.24) is 4.57 Å². The number of halogens is 1. The van der Waals surface area contributed by atoms with Crippen molar-refractivity contribution in [3.05, 3.63) is 66.1 Å². The third-order valence-corrected chi connectivity index (χ3v) is 3.46. The Hall–Kier alpha value is -2.62. The lowest BCUT2D eigenvalue weighted by Crippen LogP contribution is -2.09. The molecule has 3 rings (SSSR count). The van der Waals surface area contributed by atoms with Gasteiger partial charge in [-0.1, -0.05) is 0 Å². The Kier molecular flexibility index (Phi) is 3.44. The van der Waals surface area contributed by atoms with E-state index in [9.17, 15) is 9.18 Å². The summed E-state index contributed by atoms with van der Waals surface area (Å²) in [5, 5.41) is 0.916. The molecule has 21 heavy (non-hydrogen) atoms. The molecular formula is C17H14FNO2. The number of ether oxygens (including phenoxy) is 1. The second kappa shape index (κ2) is 5.40. The highest BCUT2D eigenvalue weighted by Gasteiger charge is 2.09. The molecule has 1 heterocycles. The van der Waals surface area contributed by atoms with E-state index in [0.29, 0.717) is 11.3 Å². The highest BCUT2D eigenvalue weighted by molar-refractivity contribution is 5.97. The number of benzene rings is 2. The molecule has 0 amide bonds. The van der Waals surface area contributed by atoms with Gasteiger partial charge in [0.25, 0.3) is 0 Å². The van der Waals surface area contributed by atoms with Crippen LogP contribution in [0.1, 0.15) is 10.4 Å². The standard InChI is InChI=1S/C17H14FNO2/c1-21-15-6-3-13(4-7-15)17(20)11-19-9-8-12-2-5-14(18)10-16(12)19/h2-10H,11H2,1H3. The maximum atomic E-state index is 13.3. The van der Waals surface area contributed by atoms with E-state index in [4.69, 9.17) is 4.74 Å². The predicted octanol–water partition coefficient (Wildman–Crippen LogP) is 3.67. The van der Waals surface area contributed by atoms with Gasteiger partial charge in [-0.3, -0.25) is 4.79 Å². The number of carbonyl (C=O) groups excluding carboxylic acids is 1. The molecule has 0 aliphatic heterocycles. The van der Waals surface area contributed by atoms with Gasteiger partial charge in [-0.05, 0) is 53.9 Å². The van der Waals surface area contributed by atoms with Gasteiger partial charge in [-0.15, -0.1) is 0 Å². The summed E-state index contributed by atoms with van der Waals surface area (Å²) in [5.41, 5.74) is 1.32. The summed E-state index contributed by atoms with van der Waals surface area (Å²) >= 11 is 0. The number of hydrogen-bond donors (Lipinski definition) is 0. The lowest BCUT2D eigenvalue weighted by atomic mass is 10.1. The number of methoxy groups -OCH3 is 1. The number of hydrogen-bond acceptors (Lipinski definition) is 2. The molecule has 0 bridgehead atoms. The van der Waals surface area contributed by atoms with Crippen molar-refractivity contribution in [3.8, 4) is 5.75 Å². The van der Waals surface area contributed by atoms with Crippen LogP contribution >= 0.6 is 0 Å². The van der Waals surface area contributed by atoms with Gasteiger partial charge in [0.15, 0.2) is 5.78 Å². The topological polar surface area (TPSA) is 31.2 Å². The number of rotatable bonds is 4. The van der Waals surface area contributed by atoms with Crippen LogP contribution in [0.3, 0.4) is 0 Å². The van der Waals surface area contributed by atoms with Crippen LogP contribution < -0.4 is 4.74 Å². The number of carbonyl (C=O) groups is 1. The molecule has 0 N–H and O–H groups in total. The van der Waals surface area contributed by atoms with Crippen LogP contribution in [-0.2, 0) is 6.54 Å². The molecule has 0 radical (unpaired) electrons. The largest absolute Gasteiger partial charge is 0.497 e. The molecule has 106 valence electrons. The van der Waals surface area contributed by atoms with Crippen molar-refractivity contribution in [3.63, 3.8) is 0 Å². The molecule has 0 aliphatic rings. The van der Waals surface area contributed by atoms with E-state index in [0.717, 1.165) is 10.9 Å². The SMILES string of the molecule is COc1ccc(C(=O)Cn2ccc3ccc(F)cc32)cc1. The average Bonchev–Trinajstić information content (AvgIpc) is 2.89. The Morgan fingerprint density at radius 1 is 1.14 bits per heavy atom. The van der Waals surface area contributed by atoms with Gasteiger partial charge in [0, 0.05) is 11.8 Å². The number of Topliss-reactive ketones (excluding diaryl/α,β-unsaturated/α-hetero) is 1. The molecule has 0 atom stereocenters. The Labute approximate surface area is 121 Å². The molecule has 0 saturated heterocycles. The lowest BCUT2D eigenvalue weighted by molar-refractivity contribution is 0.0973. The fraction of sp³-hybridized carbons (Fsp3) is 0.118. The molecule has 0 fully saturated rings. The fourth-order valence-corrected chi connectivity index (χ4v) is 2.32. The first-order chi connectivity index (χ1) is 10.2. The quantitative estimate of drug-likeness (QED) is 0.684. The number of ketones is 1. The van der Waals surface area contributed by atoms with E-state index in [1.807, 2.05) is 6.07 Å². The van der Waals surface area contributed by atoms with Crippen molar-refractivity contribution >= 4 is 16.7 Å². The van der Waals surface area contributed by atoms with Crippen molar-refractivity contribution in [2.45, 2.75) is 6.54 Å². The highest BCUT2D eigenvalue weighted by Crippen LogP contribution is 2.18. The third kappa shape index (κ3) is 2.65. The molecule has 2 aromatic carbocycles. The zero-order valence-electron chi connectivity index (χ0n) is 11.5. The summed E-state index contributed by atoms with van der Waals surface area (Å²) in [7, 11) is 1.58. The van der Waals surface area contributed by atoms with E-state index in [1.165, 1.54) is 12.1 Å². The minimum Gasteiger partial charge on any atom is -0.497 e. The van der Waals surface area contributed by atoms with Crippen LogP contribution in [-0.4, -0.2) is 17.5 Å². The molecule has 3 nitrogen and oxygen atoms in total. The van der Waals surface area contributed by atoms with Gasteiger partial charge in [-0.25, -0.2) is 4.39 Å². The minimum absolute atomic E-state index is 0.0283. The highest BCUT2D eigenvalue weighted by atomic mass is 19.1. The fourth-order valence-electron chi connectivity index (χ4n) is 2.32. The van der Waals surface area contributed by atoms with Gasteiger partial charge in [0.2, 0.25) is 0 Å². The van der Waals surface area contributed by atoms with Crippen LogP contribution in [0, 0.1) is 5.82 Å². The first-order valence-electron chi connectivity index (χ1n) is 6.59. The van der Waals surface area contributed by atoms with Crippen molar-refractivity contribution in [2.75, 3.05) is 7.11 Å². The van der Waals surface area contributed by atoms with Crippen LogP contribution in [0.5, 0.6) is 5.75 Å². The third-order valence-electron chi connectivity index (χ3n) is 3.46. The molecule has 0 spiro atoms. The molecule has 0 aliphatic carbocycles. The van der Waals surface area contributed by atoms with Crippen LogP contribution in [0.4, 0.5) is 4.39 Å². The van der Waals surface area contributed by atoms with E-state index in [2.05, 4.69) is 0 Å². The van der Waals surface area contributed by atoms with E-state index < -0.39 is 0 Å². The van der Waals surface area contributed by atoms with E-state index in [-0.39, 0.29) is 18.1 Å². The maximum Gasteiger partial charge on any atom is 0.182 e. The summed E-state index contributed by atoms with van der Waals surface area (Å²) in [6, 6.07) is 13.4. The zero-order chi connectivity index (χ0) is 14.8. The van der Waals surface area contributed by atoms with Crippen LogP contribution in [0.15, 0.2) is 54.7 Å². The lowest BCUT2D eigenvalue weighted by Gasteiger charge is -2.06. The first kappa shape index (κ1) is 13.4. The molecule has 3 aromatic rings. The summed E-state index contributed by atoms with van der Waals surface area (Å²) in [6.07, 6.45) is 1.80. The smallest absolute Gasteiger partial charge is 0.182 e. The van der Waals surface area contributed by atoms with Crippen molar-refractivity contribution in [1.29, 1.82) is 0 Å². The maximum absolute atomic E-state index is 13.3. The van der Waals surface area contributed by atoms with Gasteiger partial charge >= 0.3 is 0 Å². The minimum atomic E-state index is -0.306. The number of aromatic nitrogens is 1. The van der Waals surface area contributed by atoms with Gasteiger partial charge in [0.1, 0.15) is 11.6 Å². The Morgan fingerprint density at radius 3 is 2.62 bits per heavy atom. The number of fused-ring (bicyclic) bond motifs is 1. The zero-order valence-corrected chi connectivity index (χ0v) is 11.5. The summed E-state index contributed by atoms with van der Waals surface area (Å²) < 4.78 is 20.1. The number of nitrogens with zero attached hydrogens (tertiary/aromatic N) is 1. The van der Waals surface area contributed by atoms with Crippen LogP contribution in [0.25, 0.3) is 10.9 Å². The Bertz CT molecular complexity index is 790. The second-order valence-electron chi connectivity index (χ2n) is 4.80. The summed E-state index contributed by atoms with van der Waals surface area (Å²) in [6.45, 7) is 0.180. The first-order valence-corrected chi connectivity index (χ1v) is 6.59. The Morgan fingerprint density at radius 2 is 1.90 bits per heavy atom. The normalized spacial score (nSPS) is 10.8. The molecular weight excluding hydrogens is 269 g/mol. The van der Waals surface area contributed by atoms with E-state index >= 15 is 0 Å². The molecule has 0 saturated carbocycles. The molecule has 1 aromatic heterocycles. The van der Waals surface area contributed by atoms with Crippen molar-refractivity contribution in [2.24, 2.45) is 0 Å². The van der Waals surface area contributed by atoms with Crippen molar-refractivity contribution < 1.29 is 13.9 Å². The molecule has 0 unspecified atom stereocenters. The summed E-state index contributed by atoms with van der Waals surface area (Å²) in [5.74, 6) is 0.374. The average molecular weight is 283 g/mol. The summed E-state index contributed by atoms with van der Waals surface area (Å²) in [4.78, 5) is 12.3. The molecule has 4 heteroatoms. The van der Waals surface area contributed by atoms with Crippen LogP contribution in [0.2, 0.25) is 0 Å². The van der Waals surface area contributed by atoms with Gasteiger partial charge in [-0.2, -0.15) is 0 Å². The predicted molar refractivity (Wildman–Crippen MR) is 79.2 cm³/mol. The Balaban J connectivity index is 1.87. The van der Waals surface area contributed by atoms with Gasteiger partial charge < -0.3 is 9.30 Å². The second-order valence-corrected chi connectivity index (χ2v) is 4.80. The monoisotopic (exact) mass is 283 g/mol. The van der Waals surface area contributed by atoms with Gasteiger partial charge in [0.05, 0.1) is 19.2 Å². The van der Waals surface area contributed by atoms with E-state index in [1.54, 1.807) is 48.2 Å².